The Bertz CT molecular complexity index is 661. The first-order valence-electron chi connectivity index (χ1n) is 5.88. The van der Waals surface area contributed by atoms with E-state index in [0.29, 0.717) is 0 Å². The standard InChI is InChI=1S/C14H13ClN2O4/c1-8(7-16)12(18)14(2,3)13(19)10-5-4-9(15)6-11(10)17(20)21/h4-6,13,19H,1H2,2-3H3. The van der Waals surface area contributed by atoms with Crippen LogP contribution in [-0.4, -0.2) is 15.8 Å². The molecule has 0 bridgehead atoms. The van der Waals surface area contributed by atoms with Crippen LogP contribution in [-0.2, 0) is 4.79 Å². The number of hydrogen-bond donors (Lipinski definition) is 1. The Morgan fingerprint density at radius 2 is 2.14 bits per heavy atom. The number of nitrogens with zero attached hydrogens (tertiary/aromatic N) is 2. The minimum Gasteiger partial charge on any atom is -0.387 e. The van der Waals surface area contributed by atoms with Crippen molar-refractivity contribution in [3.8, 4) is 6.07 Å². The first-order chi connectivity index (χ1) is 9.62. The molecule has 1 aromatic carbocycles. The average Bonchev–Trinajstić information content (AvgIpc) is 2.44. The lowest BCUT2D eigenvalue weighted by Crippen LogP contribution is -2.32. The predicted molar refractivity (Wildman–Crippen MR) is 76.6 cm³/mol. The number of aliphatic hydroxyl groups excluding tert-OH is 1. The van der Waals surface area contributed by atoms with Gasteiger partial charge in [-0.1, -0.05) is 18.2 Å². The third-order valence-corrected chi connectivity index (χ3v) is 3.40. The average molecular weight is 309 g/mol. The zero-order valence-electron chi connectivity index (χ0n) is 11.5. The molecule has 0 amide bonds. The van der Waals surface area contributed by atoms with Gasteiger partial charge in [0.15, 0.2) is 5.78 Å². The van der Waals surface area contributed by atoms with Crippen LogP contribution in [0.25, 0.3) is 0 Å². The summed E-state index contributed by atoms with van der Waals surface area (Å²) < 4.78 is 0. The van der Waals surface area contributed by atoms with Crippen LogP contribution in [0.3, 0.4) is 0 Å². The van der Waals surface area contributed by atoms with Crippen molar-refractivity contribution >= 4 is 23.1 Å². The van der Waals surface area contributed by atoms with Crippen LogP contribution in [0.5, 0.6) is 0 Å². The Hall–Kier alpha value is -2.23. The number of carbonyl (C=O) groups is 1. The summed E-state index contributed by atoms with van der Waals surface area (Å²) in [7, 11) is 0. The number of nitriles is 1. The lowest BCUT2D eigenvalue weighted by atomic mass is 9.76. The van der Waals surface area contributed by atoms with Crippen LogP contribution >= 0.6 is 11.6 Å². The van der Waals surface area contributed by atoms with Crippen LogP contribution in [0.15, 0.2) is 30.4 Å². The number of nitro groups is 1. The molecule has 0 aliphatic heterocycles. The smallest absolute Gasteiger partial charge is 0.276 e. The lowest BCUT2D eigenvalue weighted by molar-refractivity contribution is -0.386. The molecule has 0 aromatic heterocycles. The second kappa shape index (κ2) is 6.04. The van der Waals surface area contributed by atoms with Gasteiger partial charge in [-0.05, 0) is 26.0 Å². The number of carbonyl (C=O) groups excluding carboxylic acids is 1. The first kappa shape index (κ1) is 16.8. The first-order valence-corrected chi connectivity index (χ1v) is 6.26. The van der Waals surface area contributed by atoms with Gasteiger partial charge in [-0.25, -0.2) is 0 Å². The van der Waals surface area contributed by atoms with E-state index in [1.165, 1.54) is 26.0 Å². The largest absolute Gasteiger partial charge is 0.387 e. The maximum absolute atomic E-state index is 12.1. The molecule has 1 aromatic rings. The summed E-state index contributed by atoms with van der Waals surface area (Å²) in [5.41, 5.74) is -2.20. The summed E-state index contributed by atoms with van der Waals surface area (Å²) >= 11 is 5.71. The van der Waals surface area contributed by atoms with E-state index in [1.54, 1.807) is 6.07 Å². The van der Waals surface area contributed by atoms with Crippen LogP contribution < -0.4 is 0 Å². The van der Waals surface area contributed by atoms with E-state index in [1.807, 2.05) is 0 Å². The number of hydrogen-bond acceptors (Lipinski definition) is 5. The molecular formula is C14H13ClN2O4. The maximum atomic E-state index is 12.1. The van der Waals surface area contributed by atoms with E-state index in [-0.39, 0.29) is 16.2 Å². The van der Waals surface area contributed by atoms with E-state index >= 15 is 0 Å². The van der Waals surface area contributed by atoms with E-state index < -0.39 is 27.9 Å². The van der Waals surface area contributed by atoms with Gasteiger partial charge < -0.3 is 5.11 Å². The molecule has 0 fully saturated rings. The molecule has 0 saturated carbocycles. The van der Waals surface area contributed by atoms with Crippen LogP contribution in [0, 0.1) is 26.9 Å². The summed E-state index contributed by atoms with van der Waals surface area (Å²) in [5, 5.41) is 30.3. The molecule has 0 saturated heterocycles. The number of Topliss-reactive ketones (excluding diaryl/α,β-unsaturated/α-hetero) is 1. The van der Waals surface area contributed by atoms with Gasteiger partial charge in [0, 0.05) is 11.1 Å². The molecule has 7 heteroatoms. The molecule has 1 unspecified atom stereocenters. The normalized spacial score (nSPS) is 12.3. The molecule has 1 atom stereocenters. The quantitative estimate of drug-likeness (QED) is 0.390. The molecular weight excluding hydrogens is 296 g/mol. The SMILES string of the molecule is C=C(C#N)C(=O)C(C)(C)C(O)c1ccc(Cl)cc1[N+](=O)[O-]. The van der Waals surface area contributed by atoms with Crippen molar-refractivity contribution in [1.29, 1.82) is 5.26 Å². The van der Waals surface area contributed by atoms with Crippen molar-refractivity contribution in [2.75, 3.05) is 0 Å². The Morgan fingerprint density at radius 1 is 1.57 bits per heavy atom. The van der Waals surface area contributed by atoms with Crippen molar-refractivity contribution in [2.24, 2.45) is 5.41 Å². The Balaban J connectivity index is 3.35. The maximum Gasteiger partial charge on any atom is 0.276 e. The van der Waals surface area contributed by atoms with Crippen molar-refractivity contribution in [1.82, 2.24) is 0 Å². The number of rotatable bonds is 5. The predicted octanol–water partition coefficient (Wildman–Crippen LogP) is 2.96. The van der Waals surface area contributed by atoms with Crippen molar-refractivity contribution < 1.29 is 14.8 Å². The molecule has 0 aliphatic carbocycles. The molecule has 21 heavy (non-hydrogen) atoms. The molecule has 0 heterocycles. The molecule has 110 valence electrons. The van der Waals surface area contributed by atoms with Gasteiger partial charge >= 0.3 is 0 Å². The Kier molecular flexibility index (Phi) is 4.84. The second-order valence-corrected chi connectivity index (χ2v) is 5.44. The molecule has 0 radical (unpaired) electrons. The van der Waals surface area contributed by atoms with Gasteiger partial charge in [0.05, 0.1) is 27.6 Å². The van der Waals surface area contributed by atoms with Crippen LogP contribution in [0.1, 0.15) is 25.5 Å². The zero-order chi connectivity index (χ0) is 16.4. The molecule has 1 N–H and O–H groups in total. The number of allylic oxidation sites excluding steroid dienone is 1. The van der Waals surface area contributed by atoms with Crippen molar-refractivity contribution in [3.63, 3.8) is 0 Å². The number of benzene rings is 1. The third-order valence-electron chi connectivity index (χ3n) is 3.16. The summed E-state index contributed by atoms with van der Waals surface area (Å²) in [6.45, 7) is 6.09. The summed E-state index contributed by atoms with van der Waals surface area (Å²) in [6, 6.07) is 5.38. The van der Waals surface area contributed by atoms with Gasteiger partial charge in [-0.2, -0.15) is 5.26 Å². The summed E-state index contributed by atoms with van der Waals surface area (Å²) in [4.78, 5) is 22.4. The van der Waals surface area contributed by atoms with Gasteiger partial charge in [-0.15, -0.1) is 0 Å². The van der Waals surface area contributed by atoms with E-state index in [2.05, 4.69) is 6.58 Å². The number of halogens is 1. The summed E-state index contributed by atoms with van der Waals surface area (Å²) in [5.74, 6) is -0.679. The second-order valence-electron chi connectivity index (χ2n) is 5.00. The number of aliphatic hydroxyl groups is 1. The van der Waals surface area contributed by atoms with Crippen LogP contribution in [0.4, 0.5) is 5.69 Å². The van der Waals surface area contributed by atoms with E-state index in [0.717, 1.165) is 6.07 Å². The third kappa shape index (κ3) is 3.27. The van der Waals surface area contributed by atoms with Gasteiger partial charge in [0.1, 0.15) is 6.07 Å². The topological polar surface area (TPSA) is 104 Å². The van der Waals surface area contributed by atoms with Crippen molar-refractivity contribution in [3.05, 3.63) is 51.1 Å². The summed E-state index contributed by atoms with van der Waals surface area (Å²) in [6.07, 6.45) is -1.48. The molecule has 0 spiro atoms. The minimum atomic E-state index is -1.48. The highest BCUT2D eigenvalue weighted by atomic mass is 35.5. The zero-order valence-corrected chi connectivity index (χ0v) is 12.2. The lowest BCUT2D eigenvalue weighted by Gasteiger charge is -2.28. The van der Waals surface area contributed by atoms with Crippen molar-refractivity contribution in [2.45, 2.75) is 20.0 Å². The Morgan fingerprint density at radius 3 is 2.62 bits per heavy atom. The van der Waals surface area contributed by atoms with E-state index in [9.17, 15) is 20.0 Å². The van der Waals surface area contributed by atoms with Gasteiger partial charge in [0.25, 0.3) is 5.69 Å². The fraction of sp³-hybridized carbons (Fsp3) is 0.286. The highest BCUT2D eigenvalue weighted by molar-refractivity contribution is 6.30. The minimum absolute atomic E-state index is 0.0477. The van der Waals surface area contributed by atoms with E-state index in [4.69, 9.17) is 16.9 Å². The molecule has 6 nitrogen and oxygen atoms in total. The molecule has 1 rings (SSSR count). The molecule has 0 aliphatic rings. The highest BCUT2D eigenvalue weighted by Gasteiger charge is 2.40. The fourth-order valence-corrected chi connectivity index (χ4v) is 2.03. The number of nitro benzene ring substituents is 1. The van der Waals surface area contributed by atoms with Gasteiger partial charge in [0.2, 0.25) is 0 Å². The number of ketones is 1. The monoisotopic (exact) mass is 308 g/mol. The van der Waals surface area contributed by atoms with Gasteiger partial charge in [-0.3, -0.25) is 14.9 Å². The highest BCUT2D eigenvalue weighted by Crippen LogP contribution is 2.40. The Labute approximate surface area is 126 Å². The van der Waals surface area contributed by atoms with Crippen LogP contribution in [0.2, 0.25) is 5.02 Å². The fourth-order valence-electron chi connectivity index (χ4n) is 1.86.